The van der Waals surface area contributed by atoms with Gasteiger partial charge in [-0.1, -0.05) is 6.92 Å². The third kappa shape index (κ3) is 6.61. The van der Waals surface area contributed by atoms with Crippen molar-refractivity contribution in [1.29, 1.82) is 0 Å². The predicted molar refractivity (Wildman–Crippen MR) is 127 cm³/mol. The monoisotopic (exact) mass is 449 g/mol. The van der Waals surface area contributed by atoms with Crippen LogP contribution in [0.4, 0.5) is 17.6 Å². The van der Waals surface area contributed by atoms with E-state index in [4.69, 9.17) is 31.7 Å². The van der Waals surface area contributed by atoms with Crippen LogP contribution < -0.4 is 20.4 Å². The lowest BCUT2D eigenvalue weighted by molar-refractivity contribution is 0.0389. The molecule has 0 radical (unpaired) electrons. The van der Waals surface area contributed by atoms with Crippen LogP contribution in [0, 0.1) is 5.92 Å². The molecule has 4 heterocycles. The standard InChI is InChI=1S/C21H35N7O2S/c1-17-2-5-27(6-3-17)18-16-19(28-10-14-30-15-11-28)24-20(23-18)25-21(31)22-4-7-26-8-12-29-13-9-26/h16-17H,2-15H2,1H3,(H2,22,23,24,25,31). The lowest BCUT2D eigenvalue weighted by Crippen LogP contribution is -2.42. The molecule has 0 saturated carbocycles. The Balaban J connectivity index is 1.39. The topological polar surface area (TPSA) is 78.0 Å². The van der Waals surface area contributed by atoms with Gasteiger partial charge in [-0.3, -0.25) is 4.90 Å². The van der Waals surface area contributed by atoms with E-state index >= 15 is 0 Å². The Hall–Kier alpha value is -1.75. The Labute approximate surface area is 190 Å². The first-order valence-electron chi connectivity index (χ1n) is 11.5. The second-order valence-corrected chi connectivity index (χ2v) is 8.92. The van der Waals surface area contributed by atoms with Gasteiger partial charge in [-0.05, 0) is 31.0 Å². The van der Waals surface area contributed by atoms with Crippen LogP contribution in [0.25, 0.3) is 0 Å². The molecule has 0 bridgehead atoms. The maximum Gasteiger partial charge on any atom is 0.232 e. The minimum absolute atomic E-state index is 0.557. The Morgan fingerprint density at radius 1 is 0.968 bits per heavy atom. The zero-order valence-corrected chi connectivity index (χ0v) is 19.3. The SMILES string of the molecule is CC1CCN(c2cc(N3CCOCC3)nc(NC(=S)NCCN3CCOCC3)n2)CC1. The Morgan fingerprint density at radius 3 is 2.19 bits per heavy atom. The molecule has 10 heteroatoms. The summed E-state index contributed by atoms with van der Waals surface area (Å²) in [6.07, 6.45) is 2.39. The second-order valence-electron chi connectivity index (χ2n) is 8.51. The molecule has 2 N–H and O–H groups in total. The van der Waals surface area contributed by atoms with Gasteiger partial charge in [0.2, 0.25) is 5.95 Å². The highest BCUT2D eigenvalue weighted by Crippen LogP contribution is 2.26. The van der Waals surface area contributed by atoms with Gasteiger partial charge in [0.25, 0.3) is 0 Å². The molecule has 4 rings (SSSR count). The molecule has 1 aromatic heterocycles. The molecule has 0 spiro atoms. The third-order valence-electron chi connectivity index (χ3n) is 6.18. The molecular weight excluding hydrogens is 414 g/mol. The average Bonchev–Trinajstić information content (AvgIpc) is 2.80. The number of nitrogens with zero attached hydrogens (tertiary/aromatic N) is 5. The summed E-state index contributed by atoms with van der Waals surface area (Å²) in [5, 5.41) is 7.07. The van der Waals surface area contributed by atoms with E-state index in [1.807, 2.05) is 0 Å². The highest BCUT2D eigenvalue weighted by atomic mass is 32.1. The molecule has 3 aliphatic heterocycles. The number of ether oxygens (including phenoxy) is 2. The number of nitrogens with one attached hydrogen (secondary N) is 2. The van der Waals surface area contributed by atoms with Gasteiger partial charge in [0.1, 0.15) is 11.6 Å². The van der Waals surface area contributed by atoms with Gasteiger partial charge >= 0.3 is 0 Å². The highest BCUT2D eigenvalue weighted by molar-refractivity contribution is 7.80. The van der Waals surface area contributed by atoms with E-state index in [9.17, 15) is 0 Å². The summed E-state index contributed by atoms with van der Waals surface area (Å²) in [5.74, 6) is 3.24. The van der Waals surface area contributed by atoms with Crippen LogP contribution in [-0.4, -0.2) is 98.8 Å². The summed E-state index contributed by atoms with van der Waals surface area (Å²) in [6.45, 7) is 12.8. The lowest BCUT2D eigenvalue weighted by atomic mass is 9.99. The molecule has 3 aliphatic rings. The lowest BCUT2D eigenvalue weighted by Gasteiger charge is -2.33. The molecule has 0 aliphatic carbocycles. The quantitative estimate of drug-likeness (QED) is 0.618. The first-order chi connectivity index (χ1) is 15.2. The number of anilines is 3. The first-order valence-corrected chi connectivity index (χ1v) is 11.9. The largest absolute Gasteiger partial charge is 0.379 e. The predicted octanol–water partition coefficient (Wildman–Crippen LogP) is 1.17. The van der Waals surface area contributed by atoms with Crippen molar-refractivity contribution >= 4 is 34.9 Å². The number of piperidine rings is 1. The molecule has 0 amide bonds. The van der Waals surface area contributed by atoms with Gasteiger partial charge in [0.15, 0.2) is 5.11 Å². The maximum absolute atomic E-state index is 5.53. The fourth-order valence-electron chi connectivity index (χ4n) is 4.13. The molecule has 3 fully saturated rings. The number of thiocarbonyl (C=S) groups is 1. The van der Waals surface area contributed by atoms with Crippen molar-refractivity contribution in [1.82, 2.24) is 20.2 Å². The van der Waals surface area contributed by atoms with E-state index in [1.54, 1.807) is 0 Å². The Bertz CT molecular complexity index is 718. The van der Waals surface area contributed by atoms with Crippen molar-refractivity contribution < 1.29 is 9.47 Å². The van der Waals surface area contributed by atoms with Crippen molar-refractivity contribution in [2.75, 3.05) is 93.9 Å². The summed E-state index contributed by atoms with van der Waals surface area (Å²) >= 11 is 5.53. The van der Waals surface area contributed by atoms with Crippen molar-refractivity contribution in [3.63, 3.8) is 0 Å². The summed E-state index contributed by atoms with van der Waals surface area (Å²) < 4.78 is 10.9. The van der Waals surface area contributed by atoms with E-state index in [2.05, 4.69) is 38.3 Å². The minimum atomic E-state index is 0.557. The van der Waals surface area contributed by atoms with Crippen molar-refractivity contribution in [3.05, 3.63) is 6.07 Å². The summed E-state index contributed by atoms with van der Waals surface area (Å²) in [5.41, 5.74) is 0. The Morgan fingerprint density at radius 2 is 1.55 bits per heavy atom. The smallest absolute Gasteiger partial charge is 0.232 e. The molecule has 9 nitrogen and oxygen atoms in total. The fraction of sp³-hybridized carbons (Fsp3) is 0.762. The van der Waals surface area contributed by atoms with Crippen LogP contribution in [-0.2, 0) is 9.47 Å². The second kappa shape index (κ2) is 11.2. The van der Waals surface area contributed by atoms with Gasteiger partial charge in [-0.15, -0.1) is 0 Å². The zero-order valence-electron chi connectivity index (χ0n) is 18.5. The van der Waals surface area contributed by atoms with Crippen LogP contribution in [0.2, 0.25) is 0 Å². The average molecular weight is 450 g/mol. The molecule has 172 valence electrons. The van der Waals surface area contributed by atoms with Gasteiger partial charge in [0, 0.05) is 58.4 Å². The van der Waals surface area contributed by atoms with Crippen LogP contribution in [0.15, 0.2) is 6.07 Å². The van der Waals surface area contributed by atoms with Gasteiger partial charge < -0.3 is 29.9 Å². The van der Waals surface area contributed by atoms with E-state index in [-0.39, 0.29) is 0 Å². The van der Waals surface area contributed by atoms with Crippen molar-refractivity contribution in [2.45, 2.75) is 19.8 Å². The molecule has 0 aromatic carbocycles. The first kappa shape index (κ1) is 22.4. The fourth-order valence-corrected chi connectivity index (χ4v) is 4.32. The van der Waals surface area contributed by atoms with Crippen molar-refractivity contribution in [2.24, 2.45) is 5.92 Å². The molecule has 1 aromatic rings. The van der Waals surface area contributed by atoms with Crippen LogP contribution >= 0.6 is 12.2 Å². The van der Waals surface area contributed by atoms with Gasteiger partial charge in [-0.2, -0.15) is 9.97 Å². The molecule has 3 saturated heterocycles. The summed E-state index contributed by atoms with van der Waals surface area (Å²) in [7, 11) is 0. The zero-order chi connectivity index (χ0) is 21.5. The number of rotatable bonds is 6. The minimum Gasteiger partial charge on any atom is -0.379 e. The van der Waals surface area contributed by atoms with E-state index in [0.717, 1.165) is 96.3 Å². The number of aromatic nitrogens is 2. The highest BCUT2D eigenvalue weighted by Gasteiger charge is 2.21. The summed E-state index contributed by atoms with van der Waals surface area (Å²) in [6, 6.07) is 2.11. The van der Waals surface area contributed by atoms with Crippen molar-refractivity contribution in [3.8, 4) is 0 Å². The van der Waals surface area contributed by atoms with E-state index in [0.29, 0.717) is 11.1 Å². The van der Waals surface area contributed by atoms with Crippen LogP contribution in [0.1, 0.15) is 19.8 Å². The third-order valence-corrected chi connectivity index (χ3v) is 6.43. The van der Waals surface area contributed by atoms with Crippen LogP contribution in [0.3, 0.4) is 0 Å². The molecule has 0 unspecified atom stereocenters. The van der Waals surface area contributed by atoms with E-state index in [1.165, 1.54) is 12.8 Å². The maximum atomic E-state index is 5.53. The number of hydrogen-bond acceptors (Lipinski definition) is 8. The van der Waals surface area contributed by atoms with Crippen LogP contribution in [0.5, 0.6) is 0 Å². The molecular formula is C21H35N7O2S. The normalized spacial score (nSPS) is 21.2. The Kier molecular flexibility index (Phi) is 8.12. The van der Waals surface area contributed by atoms with Gasteiger partial charge in [0.05, 0.1) is 26.4 Å². The number of morpholine rings is 2. The number of hydrogen-bond donors (Lipinski definition) is 2. The molecule has 31 heavy (non-hydrogen) atoms. The molecule has 0 atom stereocenters. The van der Waals surface area contributed by atoms with Gasteiger partial charge in [-0.25, -0.2) is 0 Å². The summed E-state index contributed by atoms with van der Waals surface area (Å²) in [4.78, 5) is 16.6. The van der Waals surface area contributed by atoms with E-state index < -0.39 is 0 Å².